The second-order valence-corrected chi connectivity index (χ2v) is 7.83. The van der Waals surface area contributed by atoms with Gasteiger partial charge in [0.2, 0.25) is 5.91 Å². The van der Waals surface area contributed by atoms with Gasteiger partial charge in [-0.1, -0.05) is 19.0 Å². The van der Waals surface area contributed by atoms with E-state index in [0.29, 0.717) is 30.1 Å². The number of hydrogen-bond donors (Lipinski definition) is 1. The van der Waals surface area contributed by atoms with Crippen LogP contribution < -0.4 is 5.32 Å². The molecule has 0 bridgehead atoms. The number of nitrogens with zero attached hydrogens (tertiary/aromatic N) is 5. The quantitative estimate of drug-likeness (QED) is 0.727. The van der Waals surface area contributed by atoms with Gasteiger partial charge in [-0.15, -0.1) is 0 Å². The maximum Gasteiger partial charge on any atom is 0.220 e. The van der Waals surface area contributed by atoms with Crippen molar-refractivity contribution in [1.82, 2.24) is 30.4 Å². The first-order valence-corrected chi connectivity index (χ1v) is 9.31. The molecule has 3 heterocycles. The minimum atomic E-state index is -0.114. The minimum absolute atomic E-state index is 0.0177. The number of aryl methyl sites for hydroxylation is 1. The Morgan fingerprint density at radius 2 is 2.14 bits per heavy atom. The Hall–Kier alpha value is -3.16. The topological polar surface area (TPSA) is 107 Å². The van der Waals surface area contributed by atoms with Gasteiger partial charge in [0.1, 0.15) is 11.5 Å². The van der Waals surface area contributed by atoms with E-state index in [2.05, 4.69) is 39.3 Å². The van der Waals surface area contributed by atoms with Crippen molar-refractivity contribution in [1.29, 1.82) is 0 Å². The Bertz CT molecular complexity index is 956. The van der Waals surface area contributed by atoms with Crippen LogP contribution in [0.5, 0.6) is 0 Å². The molecule has 0 saturated heterocycles. The Labute approximate surface area is 162 Å². The highest BCUT2D eigenvalue weighted by Crippen LogP contribution is 2.40. The largest absolute Gasteiger partial charge is 0.361 e. The van der Waals surface area contributed by atoms with Crippen molar-refractivity contribution in [2.45, 2.75) is 45.6 Å². The van der Waals surface area contributed by atoms with Crippen LogP contribution in [0.15, 0.2) is 41.6 Å². The molecule has 1 amide bonds. The van der Waals surface area contributed by atoms with Gasteiger partial charge in [0, 0.05) is 43.1 Å². The lowest BCUT2D eigenvalue weighted by Gasteiger charge is -2.36. The third kappa shape index (κ3) is 4.05. The Kier molecular flexibility index (Phi) is 4.85. The average molecular weight is 378 g/mol. The maximum absolute atomic E-state index is 12.5. The first-order valence-electron chi connectivity index (χ1n) is 9.31. The van der Waals surface area contributed by atoms with E-state index in [1.54, 1.807) is 30.9 Å². The summed E-state index contributed by atoms with van der Waals surface area (Å²) < 4.78 is 5.06. The summed E-state index contributed by atoms with van der Waals surface area (Å²) in [4.78, 5) is 30.0. The molecule has 3 aromatic heterocycles. The molecule has 0 spiro atoms. The van der Waals surface area contributed by atoms with E-state index >= 15 is 0 Å². The molecular formula is C20H22N6O2. The average Bonchev–Trinajstić information content (AvgIpc) is 3.19. The summed E-state index contributed by atoms with van der Waals surface area (Å²) in [6.45, 7) is 4.38. The smallest absolute Gasteiger partial charge is 0.220 e. The highest BCUT2D eigenvalue weighted by molar-refractivity contribution is 5.76. The van der Waals surface area contributed by atoms with E-state index in [1.807, 2.05) is 6.20 Å². The van der Waals surface area contributed by atoms with E-state index in [4.69, 9.17) is 9.51 Å². The highest BCUT2D eigenvalue weighted by atomic mass is 16.5. The molecule has 0 radical (unpaired) electrons. The fraction of sp³-hybridized carbons (Fsp3) is 0.400. The third-order valence-corrected chi connectivity index (χ3v) is 4.90. The second-order valence-electron chi connectivity index (χ2n) is 7.83. The van der Waals surface area contributed by atoms with Gasteiger partial charge in [-0.2, -0.15) is 0 Å². The van der Waals surface area contributed by atoms with Gasteiger partial charge in [-0.3, -0.25) is 9.78 Å². The van der Waals surface area contributed by atoms with E-state index in [1.165, 1.54) is 0 Å². The van der Waals surface area contributed by atoms with Gasteiger partial charge >= 0.3 is 0 Å². The third-order valence-electron chi connectivity index (χ3n) is 4.90. The van der Waals surface area contributed by atoms with Gasteiger partial charge in [0.15, 0.2) is 5.82 Å². The maximum atomic E-state index is 12.5. The van der Waals surface area contributed by atoms with Crippen molar-refractivity contribution in [3.63, 3.8) is 0 Å². The van der Waals surface area contributed by atoms with Gasteiger partial charge in [-0.25, -0.2) is 15.0 Å². The standard InChI is InChI=1S/C20H22N6O2/c1-20(2)9-15(25-18(27)4-3-13-5-6-24-28-13)14-11-23-19(26-16(14)10-20)17-12-21-7-8-22-17/h5-8,11-12,15H,3-4,9-10H2,1-2H3,(H,25,27). The lowest BCUT2D eigenvalue weighted by Crippen LogP contribution is -2.37. The first kappa shape index (κ1) is 18.2. The molecule has 1 atom stereocenters. The molecule has 0 aliphatic heterocycles. The van der Waals surface area contributed by atoms with Gasteiger partial charge in [-0.05, 0) is 18.3 Å². The van der Waals surface area contributed by atoms with Gasteiger partial charge < -0.3 is 9.84 Å². The molecule has 8 heteroatoms. The lowest BCUT2D eigenvalue weighted by molar-refractivity contribution is -0.122. The fourth-order valence-electron chi connectivity index (χ4n) is 3.59. The van der Waals surface area contributed by atoms with Crippen LogP contribution in [0, 0.1) is 5.41 Å². The Morgan fingerprint density at radius 3 is 2.89 bits per heavy atom. The normalized spacial score (nSPS) is 17.7. The van der Waals surface area contributed by atoms with E-state index < -0.39 is 0 Å². The van der Waals surface area contributed by atoms with Crippen LogP contribution >= 0.6 is 0 Å². The van der Waals surface area contributed by atoms with Gasteiger partial charge in [0.05, 0.1) is 24.1 Å². The number of aromatic nitrogens is 5. The van der Waals surface area contributed by atoms with Crippen LogP contribution in [0.25, 0.3) is 11.5 Å². The molecule has 28 heavy (non-hydrogen) atoms. The number of carbonyl (C=O) groups is 1. The molecule has 3 aromatic rings. The van der Waals surface area contributed by atoms with Crippen molar-refractivity contribution in [3.8, 4) is 11.5 Å². The molecule has 0 fully saturated rings. The molecule has 0 aromatic carbocycles. The van der Waals surface area contributed by atoms with E-state index in [9.17, 15) is 4.79 Å². The highest BCUT2D eigenvalue weighted by Gasteiger charge is 2.34. The summed E-state index contributed by atoms with van der Waals surface area (Å²) in [5, 5.41) is 6.81. The predicted octanol–water partition coefficient (Wildman–Crippen LogP) is 2.68. The number of carbonyl (C=O) groups excluding carboxylic acids is 1. The predicted molar refractivity (Wildman–Crippen MR) is 101 cm³/mol. The first-order chi connectivity index (χ1) is 13.5. The molecule has 1 N–H and O–H groups in total. The molecule has 0 saturated carbocycles. The van der Waals surface area contributed by atoms with Crippen LogP contribution in [0.2, 0.25) is 0 Å². The molecule has 1 aliphatic carbocycles. The number of amides is 1. The summed E-state index contributed by atoms with van der Waals surface area (Å²) in [6.07, 6.45) is 10.8. The molecular weight excluding hydrogens is 356 g/mol. The summed E-state index contributed by atoms with van der Waals surface area (Å²) in [5.41, 5.74) is 2.58. The van der Waals surface area contributed by atoms with Crippen LogP contribution in [0.1, 0.15) is 49.7 Å². The number of rotatable bonds is 5. The van der Waals surface area contributed by atoms with Crippen molar-refractivity contribution < 1.29 is 9.32 Å². The Morgan fingerprint density at radius 1 is 1.25 bits per heavy atom. The molecule has 4 rings (SSSR count). The van der Waals surface area contributed by atoms with Gasteiger partial charge in [0.25, 0.3) is 0 Å². The summed E-state index contributed by atoms with van der Waals surface area (Å²) in [5.74, 6) is 1.24. The zero-order valence-corrected chi connectivity index (χ0v) is 15.9. The monoisotopic (exact) mass is 378 g/mol. The number of hydrogen-bond acceptors (Lipinski definition) is 7. The summed E-state index contributed by atoms with van der Waals surface area (Å²) >= 11 is 0. The summed E-state index contributed by atoms with van der Waals surface area (Å²) in [6, 6.07) is 1.66. The van der Waals surface area contributed by atoms with Crippen LogP contribution in [-0.2, 0) is 17.6 Å². The Balaban J connectivity index is 1.53. The van der Waals surface area contributed by atoms with Crippen LogP contribution in [0.3, 0.4) is 0 Å². The zero-order valence-electron chi connectivity index (χ0n) is 15.9. The van der Waals surface area contributed by atoms with Crippen LogP contribution in [-0.4, -0.2) is 31.0 Å². The van der Waals surface area contributed by atoms with Crippen LogP contribution in [0.4, 0.5) is 0 Å². The van der Waals surface area contributed by atoms with Crippen molar-refractivity contribution in [2.75, 3.05) is 0 Å². The molecule has 1 aliphatic rings. The van der Waals surface area contributed by atoms with E-state index in [-0.39, 0.29) is 17.4 Å². The summed E-state index contributed by atoms with van der Waals surface area (Å²) in [7, 11) is 0. The SMILES string of the molecule is CC1(C)Cc2nc(-c3cnccn3)ncc2C(NC(=O)CCc2ccno2)C1. The zero-order chi connectivity index (χ0) is 19.6. The van der Waals surface area contributed by atoms with E-state index in [0.717, 1.165) is 24.1 Å². The van der Waals surface area contributed by atoms with Crippen molar-refractivity contribution in [2.24, 2.45) is 5.41 Å². The fourth-order valence-corrected chi connectivity index (χ4v) is 3.59. The number of fused-ring (bicyclic) bond motifs is 1. The molecule has 8 nitrogen and oxygen atoms in total. The molecule has 144 valence electrons. The van der Waals surface area contributed by atoms with Crippen molar-refractivity contribution >= 4 is 5.91 Å². The van der Waals surface area contributed by atoms with Crippen molar-refractivity contribution in [3.05, 3.63) is 54.1 Å². The molecule has 1 unspecified atom stereocenters. The minimum Gasteiger partial charge on any atom is -0.361 e. The lowest BCUT2D eigenvalue weighted by atomic mass is 9.74. The second kappa shape index (κ2) is 7.46. The number of nitrogens with one attached hydrogen (secondary N) is 1.